The van der Waals surface area contributed by atoms with Gasteiger partial charge in [-0.2, -0.15) is 0 Å². The molecule has 100 valence electrons. The highest BCUT2D eigenvalue weighted by Gasteiger charge is 2.06. The number of unbranched alkanes of at least 4 members (excludes halogenated alkanes) is 1. The maximum absolute atomic E-state index is 11.0. The molecule has 0 saturated carbocycles. The van der Waals surface area contributed by atoms with Crippen molar-refractivity contribution in [2.24, 2.45) is 5.73 Å². The number of hydrogen-bond donors (Lipinski definition) is 2. The van der Waals surface area contributed by atoms with E-state index in [4.69, 9.17) is 20.9 Å². The molecule has 0 heterocycles. The van der Waals surface area contributed by atoms with Crippen LogP contribution in [0.3, 0.4) is 0 Å². The lowest BCUT2D eigenvalue weighted by atomic mass is 10.2. The van der Waals surface area contributed by atoms with Gasteiger partial charge in [0.15, 0.2) is 0 Å². The number of benzene rings is 1. The van der Waals surface area contributed by atoms with Crippen LogP contribution in [0.4, 0.5) is 5.69 Å². The van der Waals surface area contributed by atoms with E-state index in [9.17, 15) is 4.79 Å². The van der Waals surface area contributed by atoms with Gasteiger partial charge in [0.2, 0.25) is 5.91 Å². The molecule has 0 bridgehead atoms. The molecule has 5 heteroatoms. The second-order valence-corrected chi connectivity index (χ2v) is 3.93. The van der Waals surface area contributed by atoms with Gasteiger partial charge in [0, 0.05) is 12.2 Å². The predicted molar refractivity (Wildman–Crippen MR) is 70.6 cm³/mol. The van der Waals surface area contributed by atoms with Crippen LogP contribution >= 0.6 is 0 Å². The standard InChI is InChI=1S/C13H20N2O3/c1-2-3-6-17-7-8-18-12-9-10(13(15)16)4-5-11(12)14/h4-5,9H,2-3,6-8,14H2,1H3,(H2,15,16). The Morgan fingerprint density at radius 3 is 2.72 bits per heavy atom. The summed E-state index contributed by atoms with van der Waals surface area (Å²) >= 11 is 0. The zero-order valence-electron chi connectivity index (χ0n) is 10.6. The van der Waals surface area contributed by atoms with Gasteiger partial charge in [-0.05, 0) is 24.6 Å². The summed E-state index contributed by atoms with van der Waals surface area (Å²) in [5, 5.41) is 0. The van der Waals surface area contributed by atoms with E-state index >= 15 is 0 Å². The molecule has 0 radical (unpaired) electrons. The second-order valence-electron chi connectivity index (χ2n) is 3.93. The number of ether oxygens (including phenoxy) is 2. The number of carbonyl (C=O) groups is 1. The highest BCUT2D eigenvalue weighted by Crippen LogP contribution is 2.22. The van der Waals surface area contributed by atoms with E-state index in [1.807, 2.05) is 0 Å². The van der Waals surface area contributed by atoms with Gasteiger partial charge in [0.25, 0.3) is 0 Å². The smallest absolute Gasteiger partial charge is 0.248 e. The summed E-state index contributed by atoms with van der Waals surface area (Å²) in [5.74, 6) is -0.0376. The van der Waals surface area contributed by atoms with Crippen molar-refractivity contribution in [1.82, 2.24) is 0 Å². The molecule has 1 rings (SSSR count). The number of nitrogens with two attached hydrogens (primary N) is 2. The first kappa shape index (κ1) is 14.3. The lowest BCUT2D eigenvalue weighted by molar-refractivity contribution is 0.0977. The third-order valence-electron chi connectivity index (χ3n) is 2.43. The van der Waals surface area contributed by atoms with E-state index in [-0.39, 0.29) is 0 Å². The minimum Gasteiger partial charge on any atom is -0.489 e. The molecule has 18 heavy (non-hydrogen) atoms. The van der Waals surface area contributed by atoms with E-state index in [1.165, 1.54) is 0 Å². The lowest BCUT2D eigenvalue weighted by Gasteiger charge is -2.10. The van der Waals surface area contributed by atoms with Crippen molar-refractivity contribution in [3.8, 4) is 5.75 Å². The van der Waals surface area contributed by atoms with Crippen molar-refractivity contribution < 1.29 is 14.3 Å². The highest BCUT2D eigenvalue weighted by atomic mass is 16.5. The van der Waals surface area contributed by atoms with E-state index < -0.39 is 5.91 Å². The number of primary amides is 1. The minimum atomic E-state index is -0.501. The summed E-state index contributed by atoms with van der Waals surface area (Å²) in [4.78, 5) is 11.0. The van der Waals surface area contributed by atoms with Crippen molar-refractivity contribution >= 4 is 11.6 Å². The van der Waals surface area contributed by atoms with E-state index in [0.29, 0.717) is 30.2 Å². The van der Waals surface area contributed by atoms with Crippen LogP contribution in [-0.2, 0) is 4.74 Å². The maximum atomic E-state index is 11.0. The SMILES string of the molecule is CCCCOCCOc1cc(C(N)=O)ccc1N. The van der Waals surface area contributed by atoms with Crippen LogP contribution in [0, 0.1) is 0 Å². The summed E-state index contributed by atoms with van der Waals surface area (Å²) in [6, 6.07) is 4.72. The van der Waals surface area contributed by atoms with Crippen molar-refractivity contribution in [1.29, 1.82) is 0 Å². The van der Waals surface area contributed by atoms with Crippen molar-refractivity contribution in [3.05, 3.63) is 23.8 Å². The Morgan fingerprint density at radius 1 is 1.28 bits per heavy atom. The Balaban J connectivity index is 2.41. The maximum Gasteiger partial charge on any atom is 0.248 e. The largest absolute Gasteiger partial charge is 0.489 e. The van der Waals surface area contributed by atoms with Crippen LogP contribution in [0.25, 0.3) is 0 Å². The van der Waals surface area contributed by atoms with E-state index in [1.54, 1.807) is 18.2 Å². The van der Waals surface area contributed by atoms with Crippen molar-refractivity contribution in [3.63, 3.8) is 0 Å². The molecule has 0 aliphatic heterocycles. The predicted octanol–water partition coefficient (Wildman–Crippen LogP) is 1.56. The van der Waals surface area contributed by atoms with Crippen molar-refractivity contribution in [2.45, 2.75) is 19.8 Å². The molecule has 0 spiro atoms. The minimum absolute atomic E-state index is 0.381. The molecular weight excluding hydrogens is 232 g/mol. The zero-order chi connectivity index (χ0) is 13.4. The van der Waals surface area contributed by atoms with Crippen LogP contribution in [0.5, 0.6) is 5.75 Å². The number of hydrogen-bond acceptors (Lipinski definition) is 4. The van der Waals surface area contributed by atoms with Crippen LogP contribution in [0.1, 0.15) is 30.1 Å². The second kappa shape index (κ2) is 7.55. The van der Waals surface area contributed by atoms with Gasteiger partial charge in [-0.3, -0.25) is 4.79 Å². The quantitative estimate of drug-likeness (QED) is 0.543. The third-order valence-corrected chi connectivity index (χ3v) is 2.43. The molecule has 0 aliphatic carbocycles. The first-order valence-electron chi connectivity index (χ1n) is 6.05. The number of nitrogen functional groups attached to an aromatic ring is 1. The Bertz CT molecular complexity index is 394. The number of rotatable bonds is 8. The summed E-state index contributed by atoms with van der Waals surface area (Å²) < 4.78 is 10.8. The van der Waals surface area contributed by atoms with Gasteiger partial charge in [-0.25, -0.2) is 0 Å². The van der Waals surface area contributed by atoms with Gasteiger partial charge >= 0.3 is 0 Å². The highest BCUT2D eigenvalue weighted by molar-refractivity contribution is 5.93. The average Bonchev–Trinajstić information content (AvgIpc) is 2.35. The first-order chi connectivity index (χ1) is 8.65. The summed E-state index contributed by atoms with van der Waals surface area (Å²) in [6.07, 6.45) is 2.15. The zero-order valence-corrected chi connectivity index (χ0v) is 10.6. The summed E-state index contributed by atoms with van der Waals surface area (Å²) in [7, 11) is 0. The van der Waals surface area contributed by atoms with Gasteiger partial charge in [-0.1, -0.05) is 13.3 Å². The lowest BCUT2D eigenvalue weighted by Crippen LogP contribution is -2.12. The monoisotopic (exact) mass is 252 g/mol. The van der Waals surface area contributed by atoms with Crippen molar-refractivity contribution in [2.75, 3.05) is 25.6 Å². The molecule has 0 fully saturated rings. The Labute approximate surface area is 107 Å². The van der Waals surface area contributed by atoms with Gasteiger partial charge in [0.05, 0.1) is 12.3 Å². The molecule has 4 N–H and O–H groups in total. The van der Waals surface area contributed by atoms with Gasteiger partial charge in [-0.15, -0.1) is 0 Å². The first-order valence-corrected chi connectivity index (χ1v) is 6.05. The Morgan fingerprint density at radius 2 is 2.06 bits per heavy atom. The molecular formula is C13H20N2O3. The van der Waals surface area contributed by atoms with Crippen LogP contribution < -0.4 is 16.2 Å². The molecule has 0 saturated heterocycles. The molecule has 1 aromatic rings. The average molecular weight is 252 g/mol. The molecule has 0 unspecified atom stereocenters. The molecule has 0 aromatic heterocycles. The summed E-state index contributed by atoms with van der Waals surface area (Å²) in [5.41, 5.74) is 11.8. The number of anilines is 1. The number of carbonyl (C=O) groups excluding carboxylic acids is 1. The van der Waals surface area contributed by atoms with Crippen LogP contribution in [0.2, 0.25) is 0 Å². The van der Waals surface area contributed by atoms with E-state index in [0.717, 1.165) is 19.4 Å². The summed E-state index contributed by atoms with van der Waals surface area (Å²) in [6.45, 7) is 3.74. The normalized spacial score (nSPS) is 10.3. The fraction of sp³-hybridized carbons (Fsp3) is 0.462. The van der Waals surface area contributed by atoms with Gasteiger partial charge in [0.1, 0.15) is 12.4 Å². The van der Waals surface area contributed by atoms with Gasteiger partial charge < -0.3 is 20.9 Å². The fourth-order valence-electron chi connectivity index (χ4n) is 1.37. The molecule has 0 atom stereocenters. The van der Waals surface area contributed by atoms with E-state index in [2.05, 4.69) is 6.92 Å². The Kier molecular flexibility index (Phi) is 6.00. The Hall–Kier alpha value is -1.75. The topological polar surface area (TPSA) is 87.6 Å². The van der Waals surface area contributed by atoms with Crippen LogP contribution in [-0.4, -0.2) is 25.7 Å². The fourth-order valence-corrected chi connectivity index (χ4v) is 1.37. The number of amides is 1. The third kappa shape index (κ3) is 4.63. The molecule has 1 aromatic carbocycles. The molecule has 1 amide bonds. The molecule has 0 aliphatic rings. The molecule has 5 nitrogen and oxygen atoms in total. The van der Waals surface area contributed by atoms with Crippen LogP contribution in [0.15, 0.2) is 18.2 Å².